The number of carbonyl (C=O) groups excluding carboxylic acids is 1. The SMILES string of the molecule is CCS(=O)(=O)c1ccc(CC(=O)Nc2ccc(CCN3CCCc4ccc(CC(C)C)cc43)cc2)nc1. The molecule has 1 aliphatic heterocycles. The fourth-order valence-electron chi connectivity index (χ4n) is 4.78. The summed E-state index contributed by atoms with van der Waals surface area (Å²) in [6.07, 6.45) is 5.80. The van der Waals surface area contributed by atoms with Crippen LogP contribution in [0.25, 0.3) is 0 Å². The molecule has 0 aliphatic carbocycles. The second kappa shape index (κ2) is 11.9. The number of anilines is 2. The molecule has 37 heavy (non-hydrogen) atoms. The third-order valence-corrected chi connectivity index (χ3v) is 8.51. The molecule has 0 spiro atoms. The standard InChI is InChI=1S/C30H37N3O3S/c1-4-37(35,36)28-14-13-27(31-21-28)20-30(34)32-26-11-8-23(9-12-26)15-17-33-16-5-6-25-10-7-24(18-22(2)3)19-29(25)33/h7-14,19,21-22H,4-6,15-18,20H2,1-3H3,(H,32,34). The van der Waals surface area contributed by atoms with E-state index in [2.05, 4.69) is 59.4 Å². The quantitative estimate of drug-likeness (QED) is 0.396. The Bertz CT molecular complexity index is 1320. The van der Waals surface area contributed by atoms with Gasteiger partial charge in [0.25, 0.3) is 0 Å². The first-order valence-electron chi connectivity index (χ1n) is 13.2. The Hall–Kier alpha value is -3.19. The topological polar surface area (TPSA) is 79.4 Å². The number of fused-ring (bicyclic) bond motifs is 1. The highest BCUT2D eigenvalue weighted by molar-refractivity contribution is 7.91. The zero-order valence-corrected chi connectivity index (χ0v) is 22.9. The van der Waals surface area contributed by atoms with Gasteiger partial charge < -0.3 is 10.2 Å². The average Bonchev–Trinajstić information content (AvgIpc) is 2.88. The molecule has 2 heterocycles. The third kappa shape index (κ3) is 7.19. The van der Waals surface area contributed by atoms with Gasteiger partial charge in [-0.1, -0.05) is 45.0 Å². The highest BCUT2D eigenvalue weighted by atomic mass is 32.2. The molecule has 1 N–H and O–H groups in total. The van der Waals surface area contributed by atoms with E-state index in [0.717, 1.165) is 38.0 Å². The average molecular weight is 520 g/mol. The molecule has 196 valence electrons. The lowest BCUT2D eigenvalue weighted by Gasteiger charge is -2.32. The van der Waals surface area contributed by atoms with Crippen molar-refractivity contribution in [2.45, 2.75) is 57.8 Å². The number of benzene rings is 2. The van der Waals surface area contributed by atoms with Gasteiger partial charge in [0, 0.05) is 36.4 Å². The van der Waals surface area contributed by atoms with Crippen molar-refractivity contribution in [3.8, 4) is 0 Å². The Kier molecular flexibility index (Phi) is 8.64. The largest absolute Gasteiger partial charge is 0.371 e. The van der Waals surface area contributed by atoms with Crippen LogP contribution in [0.1, 0.15) is 49.6 Å². The van der Waals surface area contributed by atoms with Crippen LogP contribution >= 0.6 is 0 Å². The number of pyridine rings is 1. The molecule has 0 radical (unpaired) electrons. The van der Waals surface area contributed by atoms with Crippen LogP contribution in [0.2, 0.25) is 0 Å². The summed E-state index contributed by atoms with van der Waals surface area (Å²) in [6.45, 7) is 8.18. The molecule has 1 aliphatic rings. The molecule has 2 aromatic carbocycles. The van der Waals surface area contributed by atoms with E-state index in [4.69, 9.17) is 0 Å². The van der Waals surface area contributed by atoms with Gasteiger partial charge in [-0.15, -0.1) is 0 Å². The fourth-order valence-corrected chi connectivity index (χ4v) is 5.60. The molecule has 0 bridgehead atoms. The van der Waals surface area contributed by atoms with Gasteiger partial charge in [-0.2, -0.15) is 0 Å². The molecule has 0 unspecified atom stereocenters. The monoisotopic (exact) mass is 519 g/mol. The summed E-state index contributed by atoms with van der Waals surface area (Å²) >= 11 is 0. The van der Waals surface area contributed by atoms with Gasteiger partial charge in [0.15, 0.2) is 9.84 Å². The molecule has 0 saturated heterocycles. The number of amides is 1. The van der Waals surface area contributed by atoms with Crippen LogP contribution in [0.5, 0.6) is 0 Å². The Balaban J connectivity index is 1.31. The third-order valence-electron chi connectivity index (χ3n) is 6.80. The van der Waals surface area contributed by atoms with Gasteiger partial charge in [0.2, 0.25) is 5.91 Å². The number of hydrogen-bond acceptors (Lipinski definition) is 5. The Morgan fingerprint density at radius 3 is 2.49 bits per heavy atom. The first kappa shape index (κ1) is 26.9. The number of carbonyl (C=O) groups is 1. The van der Waals surface area contributed by atoms with E-state index in [1.54, 1.807) is 13.0 Å². The fraction of sp³-hybridized carbons (Fsp3) is 0.400. The van der Waals surface area contributed by atoms with Crippen LogP contribution in [-0.4, -0.2) is 38.2 Å². The van der Waals surface area contributed by atoms with Crippen LogP contribution in [0, 0.1) is 5.92 Å². The molecule has 0 atom stereocenters. The van der Waals surface area contributed by atoms with Gasteiger partial charge in [0.1, 0.15) is 0 Å². The molecule has 3 aromatic rings. The van der Waals surface area contributed by atoms with Crippen LogP contribution < -0.4 is 10.2 Å². The van der Waals surface area contributed by atoms with Crippen molar-refractivity contribution < 1.29 is 13.2 Å². The molecular weight excluding hydrogens is 482 g/mol. The molecule has 0 fully saturated rings. The van der Waals surface area contributed by atoms with Crippen LogP contribution in [-0.2, 0) is 40.3 Å². The highest BCUT2D eigenvalue weighted by Gasteiger charge is 2.18. The van der Waals surface area contributed by atoms with Crippen molar-refractivity contribution in [2.75, 3.05) is 29.1 Å². The van der Waals surface area contributed by atoms with E-state index in [9.17, 15) is 13.2 Å². The summed E-state index contributed by atoms with van der Waals surface area (Å²) in [5, 5.41) is 2.91. The molecular formula is C30H37N3O3S. The minimum atomic E-state index is -3.30. The lowest BCUT2D eigenvalue weighted by atomic mass is 9.95. The number of nitrogens with one attached hydrogen (secondary N) is 1. The molecule has 6 nitrogen and oxygen atoms in total. The van der Waals surface area contributed by atoms with Crippen molar-refractivity contribution >= 4 is 27.1 Å². The molecule has 1 amide bonds. The van der Waals surface area contributed by atoms with Crippen LogP contribution in [0.15, 0.2) is 65.7 Å². The van der Waals surface area contributed by atoms with E-state index < -0.39 is 9.84 Å². The summed E-state index contributed by atoms with van der Waals surface area (Å²) in [5.41, 5.74) is 6.76. The summed E-state index contributed by atoms with van der Waals surface area (Å²) in [5.74, 6) is 0.485. The van der Waals surface area contributed by atoms with E-state index in [1.165, 1.54) is 41.1 Å². The minimum absolute atomic E-state index is 0.0229. The maximum atomic E-state index is 12.5. The van der Waals surface area contributed by atoms with E-state index in [1.807, 2.05) is 12.1 Å². The van der Waals surface area contributed by atoms with Crippen molar-refractivity contribution in [2.24, 2.45) is 5.92 Å². The summed E-state index contributed by atoms with van der Waals surface area (Å²) in [4.78, 5) is 19.3. The first-order valence-corrected chi connectivity index (χ1v) is 14.8. The van der Waals surface area contributed by atoms with Gasteiger partial charge in [-0.25, -0.2) is 8.42 Å². The number of aryl methyl sites for hydroxylation is 1. The lowest BCUT2D eigenvalue weighted by Crippen LogP contribution is -2.31. The smallest absolute Gasteiger partial charge is 0.230 e. The lowest BCUT2D eigenvalue weighted by molar-refractivity contribution is -0.115. The summed E-state index contributed by atoms with van der Waals surface area (Å²) < 4.78 is 23.8. The predicted molar refractivity (Wildman–Crippen MR) is 150 cm³/mol. The second-order valence-corrected chi connectivity index (χ2v) is 12.5. The number of sulfone groups is 1. The van der Waals surface area contributed by atoms with Crippen LogP contribution in [0.3, 0.4) is 0 Å². The van der Waals surface area contributed by atoms with Crippen LogP contribution in [0.4, 0.5) is 11.4 Å². The van der Waals surface area contributed by atoms with Crippen molar-refractivity contribution in [3.05, 3.63) is 83.2 Å². The van der Waals surface area contributed by atoms with Gasteiger partial charge >= 0.3 is 0 Å². The van der Waals surface area contributed by atoms with Gasteiger partial charge in [0.05, 0.1) is 17.1 Å². The number of aromatic nitrogens is 1. The Morgan fingerprint density at radius 1 is 1.05 bits per heavy atom. The van der Waals surface area contributed by atoms with Crippen molar-refractivity contribution in [1.82, 2.24) is 4.98 Å². The predicted octanol–water partition coefficient (Wildman–Crippen LogP) is 5.25. The van der Waals surface area contributed by atoms with Gasteiger partial charge in [-0.05, 0) is 78.6 Å². The Labute approximate surface area is 221 Å². The maximum absolute atomic E-state index is 12.5. The van der Waals surface area contributed by atoms with E-state index in [-0.39, 0.29) is 23.0 Å². The maximum Gasteiger partial charge on any atom is 0.230 e. The second-order valence-electron chi connectivity index (χ2n) is 10.2. The first-order chi connectivity index (χ1) is 17.7. The molecule has 7 heteroatoms. The van der Waals surface area contributed by atoms with Crippen molar-refractivity contribution in [3.63, 3.8) is 0 Å². The number of rotatable bonds is 10. The normalized spacial score (nSPS) is 13.5. The molecule has 0 saturated carbocycles. The minimum Gasteiger partial charge on any atom is -0.371 e. The van der Waals surface area contributed by atoms with Crippen molar-refractivity contribution in [1.29, 1.82) is 0 Å². The molecule has 4 rings (SSSR count). The van der Waals surface area contributed by atoms with E-state index in [0.29, 0.717) is 11.6 Å². The van der Waals surface area contributed by atoms with E-state index >= 15 is 0 Å². The highest BCUT2D eigenvalue weighted by Crippen LogP contribution is 2.29. The zero-order valence-electron chi connectivity index (χ0n) is 22.0. The molecule has 1 aromatic heterocycles. The summed E-state index contributed by atoms with van der Waals surface area (Å²) in [7, 11) is -3.30. The number of nitrogens with zero attached hydrogens (tertiary/aromatic N) is 2. The summed E-state index contributed by atoms with van der Waals surface area (Å²) in [6, 6.07) is 18.1. The van der Waals surface area contributed by atoms with Gasteiger partial charge in [-0.3, -0.25) is 9.78 Å². The Morgan fingerprint density at radius 2 is 1.81 bits per heavy atom. The zero-order chi connectivity index (χ0) is 26.4. The number of hydrogen-bond donors (Lipinski definition) is 1.